The number of aryl methyl sites for hydroxylation is 2. The van der Waals surface area contributed by atoms with Crippen LogP contribution in [0.2, 0.25) is 0 Å². The molecule has 0 aromatic heterocycles. The Hall–Kier alpha value is -0.820. The molecule has 1 aromatic rings. The molecule has 1 nitrogen and oxygen atoms in total. The van der Waals surface area contributed by atoms with Gasteiger partial charge in [-0.1, -0.05) is 42.7 Å². The summed E-state index contributed by atoms with van der Waals surface area (Å²) in [6.07, 6.45) is 6.93. The van der Waals surface area contributed by atoms with E-state index in [1.807, 2.05) is 0 Å². The van der Waals surface area contributed by atoms with Crippen LogP contribution < -0.4 is 5.32 Å². The van der Waals surface area contributed by atoms with Crippen LogP contribution in [0.25, 0.3) is 0 Å². The highest BCUT2D eigenvalue weighted by atomic mass is 14.9. The van der Waals surface area contributed by atoms with Crippen molar-refractivity contribution in [3.8, 4) is 0 Å². The van der Waals surface area contributed by atoms with Gasteiger partial charge in [0.05, 0.1) is 0 Å². The quantitative estimate of drug-likeness (QED) is 0.815. The number of rotatable bonds is 6. The first-order valence-corrected chi connectivity index (χ1v) is 8.49. The van der Waals surface area contributed by atoms with E-state index in [1.165, 1.54) is 55.3 Å². The molecule has 0 saturated heterocycles. The van der Waals surface area contributed by atoms with Crippen molar-refractivity contribution < 1.29 is 0 Å². The number of hydrogen-bond donors (Lipinski definition) is 1. The summed E-state index contributed by atoms with van der Waals surface area (Å²) in [5.41, 5.74) is 4.34. The average Bonchev–Trinajstić information content (AvgIpc) is 2.86. The Morgan fingerprint density at radius 3 is 2.35 bits per heavy atom. The van der Waals surface area contributed by atoms with Crippen LogP contribution in [-0.4, -0.2) is 12.6 Å². The van der Waals surface area contributed by atoms with E-state index < -0.39 is 0 Å². The van der Waals surface area contributed by atoms with Crippen LogP contribution in [0.15, 0.2) is 18.2 Å². The summed E-state index contributed by atoms with van der Waals surface area (Å²) in [4.78, 5) is 0. The number of fused-ring (bicyclic) bond motifs is 1. The Balaban J connectivity index is 1.69. The molecule has 0 aliphatic heterocycles. The monoisotopic (exact) mass is 271 g/mol. The van der Waals surface area contributed by atoms with Crippen LogP contribution in [0, 0.1) is 31.6 Å². The predicted octanol–water partition coefficient (Wildman–Crippen LogP) is 4.26. The first-order valence-electron chi connectivity index (χ1n) is 8.49. The molecule has 2 aliphatic carbocycles. The number of hydrogen-bond acceptors (Lipinski definition) is 1. The van der Waals surface area contributed by atoms with Crippen molar-refractivity contribution in [2.75, 3.05) is 6.54 Å². The summed E-state index contributed by atoms with van der Waals surface area (Å²) in [6, 6.07) is 7.76. The van der Waals surface area contributed by atoms with Crippen molar-refractivity contribution in [2.24, 2.45) is 17.8 Å². The van der Waals surface area contributed by atoms with Crippen LogP contribution in [0.4, 0.5) is 0 Å². The topological polar surface area (TPSA) is 12.0 Å². The van der Waals surface area contributed by atoms with E-state index >= 15 is 0 Å². The van der Waals surface area contributed by atoms with Gasteiger partial charge in [0.25, 0.3) is 0 Å². The molecular weight excluding hydrogens is 242 g/mol. The maximum atomic E-state index is 3.85. The molecule has 0 bridgehead atoms. The van der Waals surface area contributed by atoms with E-state index in [4.69, 9.17) is 0 Å². The molecule has 3 unspecified atom stereocenters. The summed E-state index contributed by atoms with van der Waals surface area (Å²) < 4.78 is 0. The zero-order valence-electron chi connectivity index (χ0n) is 13.3. The molecule has 0 spiro atoms. The van der Waals surface area contributed by atoms with Gasteiger partial charge in [-0.2, -0.15) is 0 Å². The molecule has 3 rings (SSSR count). The van der Waals surface area contributed by atoms with Crippen molar-refractivity contribution in [1.29, 1.82) is 0 Å². The molecule has 1 heteroatoms. The standard InChI is InChI=1S/C19H29N/c1-4-8-20-18(19-16-6-5-7-17(16)19)12-15-10-13(2)9-14(3)11-15/h9-11,16-20H,4-8,12H2,1-3H3. The molecule has 2 aliphatic rings. The van der Waals surface area contributed by atoms with E-state index in [0.717, 1.165) is 17.8 Å². The maximum Gasteiger partial charge on any atom is 0.0141 e. The smallest absolute Gasteiger partial charge is 0.0141 e. The van der Waals surface area contributed by atoms with Crippen molar-refractivity contribution in [1.82, 2.24) is 5.32 Å². The molecule has 2 fully saturated rings. The van der Waals surface area contributed by atoms with Crippen molar-refractivity contribution in [3.63, 3.8) is 0 Å². The van der Waals surface area contributed by atoms with Gasteiger partial charge in [0.1, 0.15) is 0 Å². The summed E-state index contributed by atoms with van der Waals surface area (Å²) in [6.45, 7) is 7.88. The van der Waals surface area contributed by atoms with Gasteiger partial charge in [0.15, 0.2) is 0 Å². The highest BCUT2D eigenvalue weighted by molar-refractivity contribution is 5.29. The molecule has 0 heterocycles. The molecule has 1 aromatic carbocycles. The van der Waals surface area contributed by atoms with Crippen molar-refractivity contribution in [2.45, 2.75) is 58.9 Å². The van der Waals surface area contributed by atoms with Gasteiger partial charge in [0.2, 0.25) is 0 Å². The molecular formula is C19H29N. The van der Waals surface area contributed by atoms with Crippen molar-refractivity contribution >= 4 is 0 Å². The molecule has 2 saturated carbocycles. The van der Waals surface area contributed by atoms with Crippen LogP contribution in [0.3, 0.4) is 0 Å². The van der Waals surface area contributed by atoms with E-state index in [-0.39, 0.29) is 0 Å². The van der Waals surface area contributed by atoms with E-state index in [1.54, 1.807) is 0 Å². The second-order valence-electron chi connectivity index (χ2n) is 7.10. The molecule has 0 radical (unpaired) electrons. The van der Waals surface area contributed by atoms with Gasteiger partial charge in [-0.15, -0.1) is 0 Å². The number of benzene rings is 1. The number of nitrogens with one attached hydrogen (secondary N) is 1. The van der Waals surface area contributed by atoms with Crippen LogP contribution in [0.1, 0.15) is 49.3 Å². The van der Waals surface area contributed by atoms with Crippen molar-refractivity contribution in [3.05, 3.63) is 34.9 Å². The molecule has 3 atom stereocenters. The first kappa shape index (κ1) is 14.1. The molecule has 1 N–H and O–H groups in total. The van der Waals surface area contributed by atoms with Gasteiger partial charge >= 0.3 is 0 Å². The minimum Gasteiger partial charge on any atom is -0.313 e. The second-order valence-corrected chi connectivity index (χ2v) is 7.10. The Morgan fingerprint density at radius 2 is 1.75 bits per heavy atom. The fraction of sp³-hybridized carbons (Fsp3) is 0.684. The lowest BCUT2D eigenvalue weighted by atomic mass is 9.95. The zero-order chi connectivity index (χ0) is 14.1. The predicted molar refractivity (Wildman–Crippen MR) is 86.0 cm³/mol. The van der Waals surface area contributed by atoms with Crippen LogP contribution in [-0.2, 0) is 6.42 Å². The fourth-order valence-corrected chi connectivity index (χ4v) is 4.59. The zero-order valence-corrected chi connectivity index (χ0v) is 13.3. The van der Waals surface area contributed by atoms with E-state index in [9.17, 15) is 0 Å². The second kappa shape index (κ2) is 5.89. The summed E-state index contributed by atoms with van der Waals surface area (Å²) in [5, 5.41) is 3.85. The normalized spacial score (nSPS) is 29.2. The third-order valence-corrected chi connectivity index (χ3v) is 5.33. The van der Waals surface area contributed by atoms with Gasteiger partial charge in [0, 0.05) is 6.04 Å². The lowest BCUT2D eigenvalue weighted by molar-refractivity contribution is 0.403. The minimum atomic E-state index is 0.714. The lowest BCUT2D eigenvalue weighted by Gasteiger charge is -2.21. The molecule has 0 amide bonds. The summed E-state index contributed by atoms with van der Waals surface area (Å²) >= 11 is 0. The van der Waals surface area contributed by atoms with Gasteiger partial charge < -0.3 is 5.32 Å². The summed E-state index contributed by atoms with van der Waals surface area (Å²) in [7, 11) is 0. The largest absolute Gasteiger partial charge is 0.313 e. The third-order valence-electron chi connectivity index (χ3n) is 5.33. The van der Waals surface area contributed by atoms with E-state index in [2.05, 4.69) is 44.3 Å². The van der Waals surface area contributed by atoms with Crippen LogP contribution >= 0.6 is 0 Å². The molecule has 110 valence electrons. The van der Waals surface area contributed by atoms with Gasteiger partial charge in [-0.25, -0.2) is 0 Å². The highest BCUT2D eigenvalue weighted by Gasteiger charge is 2.55. The highest BCUT2D eigenvalue weighted by Crippen LogP contribution is 2.59. The van der Waals surface area contributed by atoms with E-state index in [0.29, 0.717) is 6.04 Å². The van der Waals surface area contributed by atoms with Gasteiger partial charge in [-0.05, 0) is 69.4 Å². The van der Waals surface area contributed by atoms with Crippen LogP contribution in [0.5, 0.6) is 0 Å². The lowest BCUT2D eigenvalue weighted by Crippen LogP contribution is -2.35. The minimum absolute atomic E-state index is 0.714. The Bertz CT molecular complexity index is 435. The fourth-order valence-electron chi connectivity index (χ4n) is 4.59. The Morgan fingerprint density at radius 1 is 1.10 bits per heavy atom. The SMILES string of the molecule is CCCNC(Cc1cc(C)cc(C)c1)C1C2CCCC21. The summed E-state index contributed by atoms with van der Waals surface area (Å²) in [5.74, 6) is 3.07. The Kier molecular flexibility index (Phi) is 4.16. The first-order chi connectivity index (χ1) is 9.69. The third kappa shape index (κ3) is 2.93. The van der Waals surface area contributed by atoms with Gasteiger partial charge in [-0.3, -0.25) is 0 Å². The molecule has 20 heavy (non-hydrogen) atoms. The Labute approximate surface area is 124 Å². The maximum absolute atomic E-state index is 3.85. The average molecular weight is 271 g/mol.